The van der Waals surface area contributed by atoms with Gasteiger partial charge in [0.05, 0.1) is 12.3 Å². The predicted octanol–water partition coefficient (Wildman–Crippen LogP) is -1.03. The molecule has 0 bridgehead atoms. The molecular weight excluding hydrogens is 220 g/mol. The number of H-pyrrole nitrogens is 1. The summed E-state index contributed by atoms with van der Waals surface area (Å²) in [6, 6.07) is 0. The van der Waals surface area contributed by atoms with Gasteiger partial charge in [-0.25, -0.2) is 13.4 Å². The lowest BCUT2D eigenvalue weighted by Crippen LogP contribution is -2.36. The number of aromatic amines is 1. The second kappa shape index (κ2) is 4.27. The highest BCUT2D eigenvalue weighted by atomic mass is 32.2. The van der Waals surface area contributed by atoms with Crippen LogP contribution in [-0.2, 0) is 16.6 Å². The molecule has 0 unspecified atom stereocenters. The normalized spacial score (nSPS) is 12.3. The number of rotatable bonds is 4. The van der Waals surface area contributed by atoms with Crippen LogP contribution in [0.1, 0.15) is 11.4 Å². The molecule has 3 N–H and O–H groups in total. The molecule has 0 atom stereocenters. The monoisotopic (exact) mass is 234 g/mol. The van der Waals surface area contributed by atoms with E-state index in [0.29, 0.717) is 5.69 Å². The third kappa shape index (κ3) is 2.53. The van der Waals surface area contributed by atoms with Crippen molar-refractivity contribution in [1.82, 2.24) is 20.0 Å². The van der Waals surface area contributed by atoms with Crippen LogP contribution in [-0.4, -0.2) is 42.8 Å². The van der Waals surface area contributed by atoms with E-state index in [4.69, 9.17) is 5.11 Å². The molecule has 1 aromatic rings. The lowest BCUT2D eigenvalue weighted by molar-refractivity contribution is 0.273. The molecule has 0 saturated carbocycles. The molecule has 0 radical (unpaired) electrons. The largest absolute Gasteiger partial charge is 0.390 e. The minimum Gasteiger partial charge on any atom is -0.390 e. The van der Waals surface area contributed by atoms with Gasteiger partial charge in [-0.2, -0.15) is 5.10 Å². The van der Waals surface area contributed by atoms with Crippen LogP contribution in [0, 0.1) is 6.92 Å². The van der Waals surface area contributed by atoms with Gasteiger partial charge < -0.3 is 5.11 Å². The van der Waals surface area contributed by atoms with E-state index in [2.05, 4.69) is 15.0 Å². The molecular formula is C7H14N4O3S. The van der Waals surface area contributed by atoms with E-state index >= 15 is 0 Å². The zero-order valence-electron chi connectivity index (χ0n) is 8.77. The Balaban J connectivity index is 3.20. The van der Waals surface area contributed by atoms with Crippen molar-refractivity contribution in [3.8, 4) is 0 Å². The van der Waals surface area contributed by atoms with Crippen LogP contribution < -0.4 is 4.83 Å². The van der Waals surface area contributed by atoms with Gasteiger partial charge in [-0.3, -0.25) is 5.10 Å². The minimum atomic E-state index is -3.67. The predicted molar refractivity (Wildman–Crippen MR) is 53.3 cm³/mol. The average molecular weight is 234 g/mol. The number of sulfonamides is 1. The SMILES string of the molecule is Cc1[nH]nc(CO)c1S(=O)(=O)NN(C)C. The van der Waals surface area contributed by atoms with Crippen molar-refractivity contribution in [1.29, 1.82) is 0 Å². The molecule has 15 heavy (non-hydrogen) atoms. The van der Waals surface area contributed by atoms with Crippen LogP contribution in [0.3, 0.4) is 0 Å². The van der Waals surface area contributed by atoms with Crippen LogP contribution in [0.5, 0.6) is 0 Å². The van der Waals surface area contributed by atoms with Crippen LogP contribution in [0.25, 0.3) is 0 Å². The maximum absolute atomic E-state index is 11.8. The zero-order valence-corrected chi connectivity index (χ0v) is 9.59. The van der Waals surface area contributed by atoms with E-state index in [1.165, 1.54) is 5.01 Å². The van der Waals surface area contributed by atoms with Gasteiger partial charge in [-0.15, -0.1) is 4.83 Å². The third-order valence-corrected chi connectivity index (χ3v) is 3.37. The number of aryl methyl sites for hydroxylation is 1. The number of hydrogen-bond acceptors (Lipinski definition) is 5. The second-order valence-electron chi connectivity index (χ2n) is 3.27. The lowest BCUT2D eigenvalue weighted by Gasteiger charge is -2.12. The molecule has 0 aromatic carbocycles. The second-order valence-corrected chi connectivity index (χ2v) is 4.87. The fraction of sp³-hybridized carbons (Fsp3) is 0.571. The summed E-state index contributed by atoms with van der Waals surface area (Å²) in [4.78, 5) is 2.27. The van der Waals surface area contributed by atoms with Crippen LogP contribution in [0.2, 0.25) is 0 Å². The Hall–Kier alpha value is -0.960. The number of nitrogens with one attached hydrogen (secondary N) is 2. The summed E-state index contributed by atoms with van der Waals surface area (Å²) in [5.41, 5.74) is 0.509. The molecule has 0 fully saturated rings. The summed E-state index contributed by atoms with van der Waals surface area (Å²) < 4.78 is 23.6. The van der Waals surface area contributed by atoms with Gasteiger partial charge in [0, 0.05) is 14.1 Å². The van der Waals surface area contributed by atoms with E-state index in [9.17, 15) is 8.42 Å². The lowest BCUT2D eigenvalue weighted by atomic mass is 10.4. The molecule has 0 aliphatic carbocycles. The highest BCUT2D eigenvalue weighted by molar-refractivity contribution is 7.89. The van der Waals surface area contributed by atoms with Gasteiger partial charge >= 0.3 is 0 Å². The Morgan fingerprint density at radius 3 is 2.60 bits per heavy atom. The first-order valence-electron chi connectivity index (χ1n) is 4.23. The molecule has 0 spiro atoms. The summed E-state index contributed by atoms with van der Waals surface area (Å²) in [6.45, 7) is 1.16. The Morgan fingerprint density at radius 2 is 2.13 bits per heavy atom. The molecule has 1 aromatic heterocycles. The Morgan fingerprint density at radius 1 is 1.53 bits per heavy atom. The first-order chi connectivity index (χ1) is 6.88. The maximum atomic E-state index is 11.8. The van der Waals surface area contributed by atoms with E-state index in [1.54, 1.807) is 21.0 Å². The molecule has 0 aliphatic rings. The van der Waals surface area contributed by atoms with Gasteiger partial charge in [0.1, 0.15) is 10.6 Å². The molecule has 1 heterocycles. The van der Waals surface area contributed by atoms with Crippen LogP contribution in [0.15, 0.2) is 4.90 Å². The van der Waals surface area contributed by atoms with Crippen molar-refractivity contribution >= 4 is 10.0 Å². The molecule has 86 valence electrons. The molecule has 0 amide bonds. The van der Waals surface area contributed by atoms with Gasteiger partial charge in [0.2, 0.25) is 0 Å². The summed E-state index contributed by atoms with van der Waals surface area (Å²) >= 11 is 0. The zero-order chi connectivity index (χ0) is 11.6. The summed E-state index contributed by atoms with van der Waals surface area (Å²) in [5.74, 6) is 0. The smallest absolute Gasteiger partial charge is 0.257 e. The van der Waals surface area contributed by atoms with Crippen molar-refractivity contribution in [2.24, 2.45) is 0 Å². The molecule has 0 aliphatic heterocycles. The fourth-order valence-electron chi connectivity index (χ4n) is 1.22. The number of hydrazine groups is 1. The highest BCUT2D eigenvalue weighted by Gasteiger charge is 2.24. The van der Waals surface area contributed by atoms with Crippen LogP contribution in [0.4, 0.5) is 0 Å². The molecule has 8 heteroatoms. The standard InChI is InChI=1S/C7H14N4O3S/c1-5-7(6(4-12)9-8-5)15(13,14)10-11(2)3/h10,12H,4H2,1-3H3,(H,8,9). The van der Waals surface area contributed by atoms with E-state index in [0.717, 1.165) is 0 Å². The first-order valence-corrected chi connectivity index (χ1v) is 5.71. The van der Waals surface area contributed by atoms with Crippen molar-refractivity contribution < 1.29 is 13.5 Å². The van der Waals surface area contributed by atoms with Gasteiger partial charge in [0.15, 0.2) is 0 Å². The summed E-state index contributed by atoms with van der Waals surface area (Å²) in [5, 5.41) is 16.5. The van der Waals surface area contributed by atoms with E-state index in [-0.39, 0.29) is 10.6 Å². The number of nitrogens with zero attached hydrogens (tertiary/aromatic N) is 2. The number of aliphatic hydroxyl groups is 1. The summed E-state index contributed by atoms with van der Waals surface area (Å²) in [6.07, 6.45) is 0. The number of hydrogen-bond donors (Lipinski definition) is 3. The van der Waals surface area contributed by atoms with Gasteiger partial charge in [-0.1, -0.05) is 0 Å². The Labute approximate surface area is 88.1 Å². The van der Waals surface area contributed by atoms with Gasteiger partial charge in [-0.05, 0) is 6.92 Å². The van der Waals surface area contributed by atoms with E-state index < -0.39 is 16.6 Å². The van der Waals surface area contributed by atoms with Crippen LogP contribution >= 0.6 is 0 Å². The minimum absolute atomic E-state index is 0.00120. The van der Waals surface area contributed by atoms with Crippen molar-refractivity contribution in [2.75, 3.05) is 14.1 Å². The molecule has 7 nitrogen and oxygen atoms in total. The third-order valence-electron chi connectivity index (χ3n) is 1.68. The Bertz CT molecular complexity index is 437. The topological polar surface area (TPSA) is 98.3 Å². The fourth-order valence-corrected chi connectivity index (χ4v) is 2.66. The quantitative estimate of drug-likeness (QED) is 0.578. The summed E-state index contributed by atoms with van der Waals surface area (Å²) in [7, 11) is -0.545. The van der Waals surface area contributed by atoms with Crippen molar-refractivity contribution in [3.05, 3.63) is 11.4 Å². The molecule has 1 rings (SSSR count). The molecule has 0 saturated heterocycles. The average Bonchev–Trinajstić information content (AvgIpc) is 2.44. The van der Waals surface area contributed by atoms with Crippen molar-refractivity contribution in [2.45, 2.75) is 18.4 Å². The van der Waals surface area contributed by atoms with Crippen molar-refractivity contribution in [3.63, 3.8) is 0 Å². The number of aliphatic hydroxyl groups excluding tert-OH is 1. The first kappa shape index (κ1) is 12.1. The highest BCUT2D eigenvalue weighted by Crippen LogP contribution is 2.17. The van der Waals surface area contributed by atoms with Gasteiger partial charge in [0.25, 0.3) is 10.0 Å². The van der Waals surface area contributed by atoms with E-state index in [1.807, 2.05) is 0 Å². The maximum Gasteiger partial charge on any atom is 0.257 e. The number of aromatic nitrogens is 2. The Kier molecular flexibility index (Phi) is 3.45.